The van der Waals surface area contributed by atoms with Gasteiger partial charge in [-0.05, 0) is 44.1 Å². The molecule has 7 atom stereocenters. The molecule has 1 aromatic carbocycles. The highest BCUT2D eigenvalue weighted by Crippen LogP contribution is 2.68. The molecule has 2 bridgehead atoms. The second-order valence-corrected chi connectivity index (χ2v) is 15.7. The van der Waals surface area contributed by atoms with Gasteiger partial charge in [0.25, 0.3) is 0 Å². The molecule has 7 nitrogen and oxygen atoms in total. The van der Waals surface area contributed by atoms with Crippen LogP contribution in [0.15, 0.2) is 30.3 Å². The molecule has 0 aromatic heterocycles. The van der Waals surface area contributed by atoms with Crippen molar-refractivity contribution in [1.29, 1.82) is 0 Å². The maximum absolute atomic E-state index is 14.2. The lowest BCUT2D eigenvalue weighted by molar-refractivity contribution is -0.143. The first kappa shape index (κ1) is 29.4. The molecule has 9 heteroatoms. The van der Waals surface area contributed by atoms with Crippen LogP contribution in [0.5, 0.6) is 0 Å². The summed E-state index contributed by atoms with van der Waals surface area (Å²) in [6, 6.07) is 8.48. The number of hydrogen-bond acceptors (Lipinski definition) is 5. The molecule has 3 amide bonds. The lowest BCUT2D eigenvalue weighted by Crippen LogP contribution is -2.60. The van der Waals surface area contributed by atoms with Gasteiger partial charge in [-0.25, -0.2) is 0 Å². The van der Waals surface area contributed by atoms with Crippen LogP contribution in [0.4, 0.5) is 0 Å². The summed E-state index contributed by atoms with van der Waals surface area (Å²) in [6.45, 7) is 12.5. The van der Waals surface area contributed by atoms with Crippen LogP contribution in [0.2, 0.25) is 0 Å². The first-order chi connectivity index (χ1) is 17.7. The van der Waals surface area contributed by atoms with Crippen LogP contribution in [0, 0.1) is 17.3 Å². The summed E-state index contributed by atoms with van der Waals surface area (Å²) in [5, 5.41) is 16.5. The minimum atomic E-state index is -0.752. The zero-order valence-electron chi connectivity index (χ0n) is 23.3. The highest BCUT2D eigenvalue weighted by molar-refractivity contribution is 9.09. The number of aliphatic hydroxyl groups excluding tert-OH is 1. The number of nitrogens with one attached hydrogen (secondary N) is 2. The lowest BCUT2D eigenvalue weighted by atomic mass is 9.70. The van der Waals surface area contributed by atoms with Gasteiger partial charge in [-0.15, -0.1) is 11.8 Å². The first-order valence-electron chi connectivity index (χ1n) is 13.6. The van der Waals surface area contributed by atoms with Crippen molar-refractivity contribution in [2.75, 3.05) is 6.61 Å². The molecular weight excluding hydrogens is 566 g/mol. The molecule has 3 N–H and O–H groups in total. The van der Waals surface area contributed by atoms with E-state index < -0.39 is 34.2 Å². The average molecular weight is 609 g/mol. The Bertz CT molecular complexity index is 1060. The fraction of sp³-hybridized carbons (Fsp3) is 0.690. The molecular formula is C29H42BrN3O4S. The number of fused-ring (bicyclic) bond motifs is 1. The number of halogens is 1. The second-order valence-electron chi connectivity index (χ2n) is 13.0. The van der Waals surface area contributed by atoms with Gasteiger partial charge in [0, 0.05) is 22.2 Å². The summed E-state index contributed by atoms with van der Waals surface area (Å²) in [5.74, 6) is -1.69. The Morgan fingerprint density at radius 3 is 2.42 bits per heavy atom. The Hall–Kier alpha value is -1.58. The van der Waals surface area contributed by atoms with Crippen LogP contribution >= 0.6 is 27.7 Å². The third-order valence-electron chi connectivity index (χ3n) is 8.10. The first-order valence-corrected chi connectivity index (χ1v) is 15.4. The van der Waals surface area contributed by atoms with Crippen molar-refractivity contribution < 1.29 is 19.5 Å². The van der Waals surface area contributed by atoms with Gasteiger partial charge in [0.15, 0.2) is 0 Å². The molecule has 1 aromatic rings. The van der Waals surface area contributed by atoms with E-state index in [9.17, 15) is 19.5 Å². The van der Waals surface area contributed by atoms with Gasteiger partial charge in [-0.1, -0.05) is 74.0 Å². The molecule has 0 saturated carbocycles. The molecule has 0 aliphatic carbocycles. The van der Waals surface area contributed by atoms with Crippen molar-refractivity contribution in [3.05, 3.63) is 35.9 Å². The van der Waals surface area contributed by atoms with Crippen LogP contribution in [0.25, 0.3) is 0 Å². The summed E-state index contributed by atoms with van der Waals surface area (Å²) in [5.41, 5.74) is 0.510. The van der Waals surface area contributed by atoms with Crippen molar-refractivity contribution in [3.63, 3.8) is 0 Å². The molecule has 3 heterocycles. The van der Waals surface area contributed by atoms with Crippen molar-refractivity contribution in [3.8, 4) is 0 Å². The molecule has 1 spiro atoms. The maximum atomic E-state index is 14.2. The Balaban J connectivity index is 1.67. The Labute approximate surface area is 239 Å². The van der Waals surface area contributed by atoms with E-state index in [1.165, 1.54) is 0 Å². The Kier molecular flexibility index (Phi) is 8.33. The van der Waals surface area contributed by atoms with Gasteiger partial charge in [-0.3, -0.25) is 14.4 Å². The molecule has 3 saturated heterocycles. The van der Waals surface area contributed by atoms with Crippen molar-refractivity contribution in [1.82, 2.24) is 15.5 Å². The largest absolute Gasteiger partial charge is 0.394 e. The summed E-state index contributed by atoms with van der Waals surface area (Å²) in [7, 11) is 0. The molecule has 3 aliphatic rings. The zero-order chi connectivity index (χ0) is 28.0. The average Bonchev–Trinajstić information content (AvgIpc) is 3.41. The van der Waals surface area contributed by atoms with E-state index in [0.29, 0.717) is 19.4 Å². The highest BCUT2D eigenvalue weighted by Gasteiger charge is 2.76. The SMILES string of the molecule is CC[C@@H](CO)N1C(=O)[C@@H]2[C@@H](C(=O)NCc3ccccc3)[C@@H]3SC2(CC3Br)C1C(=O)NC(C)(C)CC(C)(C)C. The number of rotatable bonds is 9. The monoisotopic (exact) mass is 607 g/mol. The molecule has 3 unspecified atom stereocenters. The van der Waals surface area contributed by atoms with Crippen LogP contribution in [0.1, 0.15) is 66.4 Å². The van der Waals surface area contributed by atoms with E-state index in [1.54, 1.807) is 16.7 Å². The van der Waals surface area contributed by atoms with Crippen molar-refractivity contribution in [2.45, 2.75) is 99.8 Å². The highest BCUT2D eigenvalue weighted by atomic mass is 79.9. The third-order valence-corrected chi connectivity index (χ3v) is 11.3. The number of benzene rings is 1. The Morgan fingerprint density at radius 2 is 1.84 bits per heavy atom. The lowest BCUT2D eigenvalue weighted by Gasteiger charge is -2.40. The van der Waals surface area contributed by atoms with E-state index in [4.69, 9.17) is 0 Å². The summed E-state index contributed by atoms with van der Waals surface area (Å²) < 4.78 is -0.727. The smallest absolute Gasteiger partial charge is 0.244 e. The predicted molar refractivity (Wildman–Crippen MR) is 155 cm³/mol. The third kappa shape index (κ3) is 5.39. The summed E-state index contributed by atoms with van der Waals surface area (Å²) in [6.07, 6.45) is 1.91. The van der Waals surface area contributed by atoms with E-state index in [2.05, 4.69) is 47.3 Å². The fourth-order valence-electron chi connectivity index (χ4n) is 7.15. The topological polar surface area (TPSA) is 98.7 Å². The maximum Gasteiger partial charge on any atom is 0.244 e. The minimum absolute atomic E-state index is 0.00326. The number of hydrogen-bond donors (Lipinski definition) is 3. The van der Waals surface area contributed by atoms with Crippen LogP contribution < -0.4 is 10.6 Å². The van der Waals surface area contributed by atoms with Gasteiger partial charge in [0.2, 0.25) is 17.7 Å². The Morgan fingerprint density at radius 1 is 1.18 bits per heavy atom. The number of alkyl halides is 1. The van der Waals surface area contributed by atoms with Gasteiger partial charge in [0.05, 0.1) is 29.2 Å². The number of likely N-dealkylation sites (tertiary alicyclic amines) is 1. The van der Waals surface area contributed by atoms with Crippen molar-refractivity contribution in [2.24, 2.45) is 17.3 Å². The zero-order valence-corrected chi connectivity index (χ0v) is 25.7. The standard InChI is InChI=1S/C29H42BrN3O4S/c1-7-18(15-34)33-23(25(36)32-28(5,6)16-27(2,3)4)29-13-19(30)22(38-29)20(21(29)26(33)37)24(35)31-14-17-11-9-8-10-12-17/h8-12,18-23,34H,7,13-16H2,1-6H3,(H,31,35)(H,32,36)/t18-,19?,20+,21-,22+,23?,29?/m0/s1. The fourth-order valence-corrected chi connectivity index (χ4v) is 10.7. The number of nitrogens with zero attached hydrogens (tertiary/aromatic N) is 1. The number of amides is 3. The molecule has 38 heavy (non-hydrogen) atoms. The minimum Gasteiger partial charge on any atom is -0.394 e. The van der Waals surface area contributed by atoms with E-state index in [-0.39, 0.29) is 39.8 Å². The summed E-state index contributed by atoms with van der Waals surface area (Å²) >= 11 is 5.43. The van der Waals surface area contributed by atoms with E-state index in [1.807, 2.05) is 51.1 Å². The van der Waals surface area contributed by atoms with Gasteiger partial charge >= 0.3 is 0 Å². The quantitative estimate of drug-likeness (QED) is 0.370. The normalized spacial score (nSPS) is 31.3. The molecule has 0 radical (unpaired) electrons. The number of carbonyl (C=O) groups excluding carboxylic acids is 3. The van der Waals surface area contributed by atoms with Gasteiger partial charge in [-0.2, -0.15) is 0 Å². The van der Waals surface area contributed by atoms with Crippen molar-refractivity contribution >= 4 is 45.4 Å². The van der Waals surface area contributed by atoms with Gasteiger partial charge in [0.1, 0.15) is 6.04 Å². The number of aliphatic hydroxyl groups is 1. The molecule has 3 fully saturated rings. The molecule has 210 valence electrons. The second kappa shape index (κ2) is 10.8. The van der Waals surface area contributed by atoms with E-state index >= 15 is 0 Å². The number of carbonyl (C=O) groups is 3. The molecule has 4 rings (SSSR count). The predicted octanol–water partition coefficient (Wildman–Crippen LogP) is 3.87. The summed E-state index contributed by atoms with van der Waals surface area (Å²) in [4.78, 5) is 43.6. The van der Waals surface area contributed by atoms with Crippen LogP contribution in [0.3, 0.4) is 0 Å². The van der Waals surface area contributed by atoms with Crippen LogP contribution in [-0.4, -0.2) is 66.8 Å². The molecule has 3 aliphatic heterocycles. The number of thioether (sulfide) groups is 1. The van der Waals surface area contributed by atoms with Crippen LogP contribution in [-0.2, 0) is 20.9 Å². The van der Waals surface area contributed by atoms with E-state index in [0.717, 1.165) is 12.0 Å². The van der Waals surface area contributed by atoms with Gasteiger partial charge < -0.3 is 20.6 Å².